The van der Waals surface area contributed by atoms with E-state index in [0.29, 0.717) is 5.75 Å². The van der Waals surface area contributed by atoms with Gasteiger partial charge in [-0.2, -0.15) is 13.2 Å². The van der Waals surface area contributed by atoms with Crippen LogP contribution < -0.4 is 10.2 Å². The quantitative estimate of drug-likeness (QED) is 0.421. The van der Waals surface area contributed by atoms with E-state index in [1.54, 1.807) is 24.3 Å². The number of fused-ring (bicyclic) bond motifs is 1. The molecule has 0 fully saturated rings. The van der Waals surface area contributed by atoms with E-state index in [4.69, 9.17) is 9.15 Å². The molecule has 0 radical (unpaired) electrons. The van der Waals surface area contributed by atoms with Crippen LogP contribution in [-0.2, 0) is 12.8 Å². The van der Waals surface area contributed by atoms with Gasteiger partial charge in [0.25, 0.3) is 0 Å². The number of alkyl halides is 3. The predicted molar refractivity (Wildman–Crippen MR) is 104 cm³/mol. The van der Waals surface area contributed by atoms with Crippen molar-refractivity contribution < 1.29 is 22.3 Å². The first-order chi connectivity index (χ1) is 13.9. The largest absolute Gasteiger partial charge is 0.489 e. The molecule has 0 atom stereocenters. The summed E-state index contributed by atoms with van der Waals surface area (Å²) in [5.74, 6) is -1.01. The lowest BCUT2D eigenvalue weighted by molar-refractivity contribution is -0.152. The number of hydrogen-bond donors (Lipinski definition) is 0. The Balaban J connectivity index is 1.81. The average molecular weight is 396 g/mol. The van der Waals surface area contributed by atoms with Gasteiger partial charge in [-0.25, -0.2) is 0 Å². The van der Waals surface area contributed by atoms with Crippen LogP contribution in [0.2, 0.25) is 0 Å². The van der Waals surface area contributed by atoms with Crippen LogP contribution in [0.3, 0.4) is 0 Å². The lowest BCUT2D eigenvalue weighted by atomic mass is 10.0. The maximum absolute atomic E-state index is 13.6. The van der Waals surface area contributed by atoms with Crippen molar-refractivity contribution in [2.24, 2.45) is 0 Å². The lowest BCUT2D eigenvalue weighted by Gasteiger charge is -2.13. The second kappa shape index (κ2) is 7.47. The topological polar surface area (TPSA) is 39.4 Å². The molecule has 0 unspecified atom stereocenters. The molecule has 1 heterocycles. The van der Waals surface area contributed by atoms with Gasteiger partial charge in [0.1, 0.15) is 17.9 Å². The predicted octanol–water partition coefficient (Wildman–Crippen LogP) is 6.06. The molecule has 3 aromatic carbocycles. The SMILES string of the molecule is O=c1c(-c2ccccc2)c(C(F)(F)F)oc2cc(OCc3ccccc3)ccc12. The fraction of sp³-hybridized carbons (Fsp3) is 0.0870. The third-order valence-corrected chi connectivity index (χ3v) is 4.43. The molecule has 0 N–H and O–H groups in total. The van der Waals surface area contributed by atoms with Crippen molar-refractivity contribution in [3.05, 3.63) is 100 Å². The van der Waals surface area contributed by atoms with Crippen LogP contribution in [0.15, 0.2) is 88.1 Å². The molecular formula is C23H15F3O3. The summed E-state index contributed by atoms with van der Waals surface area (Å²) in [6, 6.07) is 21.3. The molecule has 0 saturated heterocycles. The van der Waals surface area contributed by atoms with Crippen LogP contribution in [0.1, 0.15) is 11.3 Å². The molecule has 4 rings (SSSR count). The number of rotatable bonds is 4. The maximum atomic E-state index is 13.6. The van der Waals surface area contributed by atoms with Crippen LogP contribution in [-0.4, -0.2) is 0 Å². The Morgan fingerprint density at radius 3 is 2.17 bits per heavy atom. The molecule has 29 heavy (non-hydrogen) atoms. The standard InChI is InChI=1S/C23H15F3O3/c24-23(25,26)22-20(16-9-5-2-6-10-16)21(27)18-12-11-17(13-19(18)29-22)28-14-15-7-3-1-4-8-15/h1-13H,14H2. The summed E-state index contributed by atoms with van der Waals surface area (Å²) in [6.45, 7) is 0.241. The van der Waals surface area contributed by atoms with Crippen molar-refractivity contribution in [1.29, 1.82) is 0 Å². The van der Waals surface area contributed by atoms with Crippen molar-refractivity contribution in [1.82, 2.24) is 0 Å². The molecule has 0 aliphatic rings. The highest BCUT2D eigenvalue weighted by Gasteiger charge is 2.39. The van der Waals surface area contributed by atoms with Gasteiger partial charge >= 0.3 is 6.18 Å². The molecule has 6 heteroatoms. The smallest absolute Gasteiger partial charge is 0.450 e. The summed E-state index contributed by atoms with van der Waals surface area (Å²) in [4.78, 5) is 12.9. The summed E-state index contributed by atoms with van der Waals surface area (Å²) in [6.07, 6.45) is -4.82. The highest BCUT2D eigenvalue weighted by molar-refractivity contribution is 5.84. The van der Waals surface area contributed by atoms with E-state index in [1.165, 1.54) is 24.3 Å². The molecule has 146 valence electrons. The summed E-state index contributed by atoms with van der Waals surface area (Å²) in [7, 11) is 0. The summed E-state index contributed by atoms with van der Waals surface area (Å²) >= 11 is 0. The third-order valence-electron chi connectivity index (χ3n) is 4.43. The van der Waals surface area contributed by atoms with Crippen LogP contribution in [0.25, 0.3) is 22.1 Å². The van der Waals surface area contributed by atoms with Gasteiger partial charge in [-0.15, -0.1) is 0 Å². The zero-order valence-corrected chi connectivity index (χ0v) is 15.1. The van der Waals surface area contributed by atoms with Crippen molar-refractivity contribution in [3.8, 4) is 16.9 Å². The van der Waals surface area contributed by atoms with E-state index in [0.717, 1.165) is 5.56 Å². The number of ether oxygens (including phenoxy) is 1. The van der Waals surface area contributed by atoms with Gasteiger partial charge in [0.05, 0.1) is 10.9 Å². The maximum Gasteiger partial charge on any atom is 0.450 e. The number of benzene rings is 3. The van der Waals surface area contributed by atoms with Crippen LogP contribution >= 0.6 is 0 Å². The Morgan fingerprint density at radius 1 is 0.862 bits per heavy atom. The summed E-state index contributed by atoms with van der Waals surface area (Å²) in [5.41, 5.74) is -0.347. The monoisotopic (exact) mass is 396 g/mol. The normalized spacial score (nSPS) is 11.6. The molecule has 4 aromatic rings. The molecule has 0 aliphatic heterocycles. The Hall–Kier alpha value is -3.54. The van der Waals surface area contributed by atoms with Crippen LogP contribution in [0.5, 0.6) is 5.75 Å². The molecule has 0 amide bonds. The molecule has 0 saturated carbocycles. The Morgan fingerprint density at radius 2 is 1.52 bits per heavy atom. The third kappa shape index (κ3) is 3.87. The number of hydrogen-bond acceptors (Lipinski definition) is 3. The average Bonchev–Trinajstić information content (AvgIpc) is 2.72. The van der Waals surface area contributed by atoms with E-state index in [9.17, 15) is 18.0 Å². The minimum absolute atomic E-state index is 0.0592. The van der Waals surface area contributed by atoms with Gasteiger partial charge in [0.2, 0.25) is 11.2 Å². The fourth-order valence-electron chi connectivity index (χ4n) is 3.07. The van der Waals surface area contributed by atoms with Gasteiger partial charge in [-0.05, 0) is 23.3 Å². The highest BCUT2D eigenvalue weighted by atomic mass is 19.4. The Bertz CT molecular complexity index is 1200. The van der Waals surface area contributed by atoms with E-state index >= 15 is 0 Å². The van der Waals surface area contributed by atoms with Crippen molar-refractivity contribution in [2.75, 3.05) is 0 Å². The first-order valence-corrected chi connectivity index (χ1v) is 8.84. The van der Waals surface area contributed by atoms with Gasteiger partial charge in [0.15, 0.2) is 0 Å². The highest BCUT2D eigenvalue weighted by Crippen LogP contribution is 2.37. The molecule has 3 nitrogen and oxygen atoms in total. The van der Waals surface area contributed by atoms with E-state index < -0.39 is 22.9 Å². The second-order valence-corrected chi connectivity index (χ2v) is 6.43. The summed E-state index contributed by atoms with van der Waals surface area (Å²) < 4.78 is 51.8. The summed E-state index contributed by atoms with van der Waals surface area (Å²) in [5, 5.41) is 0.0592. The van der Waals surface area contributed by atoms with E-state index in [2.05, 4.69) is 0 Å². The van der Waals surface area contributed by atoms with Gasteiger partial charge in [-0.1, -0.05) is 60.7 Å². The molecule has 0 spiro atoms. The van der Waals surface area contributed by atoms with Crippen molar-refractivity contribution >= 4 is 11.0 Å². The molecule has 1 aromatic heterocycles. The van der Waals surface area contributed by atoms with Gasteiger partial charge in [-0.3, -0.25) is 4.79 Å². The Kier molecular flexibility index (Phi) is 4.84. The van der Waals surface area contributed by atoms with Crippen LogP contribution in [0, 0.1) is 0 Å². The number of halogens is 3. The zero-order chi connectivity index (χ0) is 20.4. The van der Waals surface area contributed by atoms with E-state index in [1.807, 2.05) is 30.3 Å². The van der Waals surface area contributed by atoms with E-state index in [-0.39, 0.29) is 23.1 Å². The fourth-order valence-corrected chi connectivity index (χ4v) is 3.07. The van der Waals surface area contributed by atoms with Crippen LogP contribution in [0.4, 0.5) is 13.2 Å². The molecule has 0 bridgehead atoms. The zero-order valence-electron chi connectivity index (χ0n) is 15.1. The van der Waals surface area contributed by atoms with Crippen molar-refractivity contribution in [3.63, 3.8) is 0 Å². The Labute approximate surface area is 164 Å². The molecular weight excluding hydrogens is 381 g/mol. The lowest BCUT2D eigenvalue weighted by Crippen LogP contribution is -2.16. The first-order valence-electron chi connectivity index (χ1n) is 8.84. The first kappa shape index (κ1) is 18.8. The van der Waals surface area contributed by atoms with Gasteiger partial charge < -0.3 is 9.15 Å². The minimum Gasteiger partial charge on any atom is -0.489 e. The minimum atomic E-state index is -4.82. The van der Waals surface area contributed by atoms with Crippen molar-refractivity contribution in [2.45, 2.75) is 12.8 Å². The van der Waals surface area contributed by atoms with Gasteiger partial charge in [0, 0.05) is 6.07 Å². The molecule has 0 aliphatic carbocycles. The second-order valence-electron chi connectivity index (χ2n) is 6.43.